The summed E-state index contributed by atoms with van der Waals surface area (Å²) in [5.41, 5.74) is 0.482. The van der Waals surface area contributed by atoms with Crippen LogP contribution in [0, 0.1) is 5.41 Å². The molecule has 0 atom stereocenters. The van der Waals surface area contributed by atoms with Gasteiger partial charge in [-0.2, -0.15) is 0 Å². The van der Waals surface area contributed by atoms with Crippen LogP contribution >= 0.6 is 0 Å². The van der Waals surface area contributed by atoms with E-state index in [-0.39, 0.29) is 0 Å². The van der Waals surface area contributed by atoms with Crippen LogP contribution in [0.4, 0.5) is 0 Å². The number of hydrogen-bond acceptors (Lipinski definition) is 2. The van der Waals surface area contributed by atoms with Gasteiger partial charge in [0, 0.05) is 25.1 Å². The summed E-state index contributed by atoms with van der Waals surface area (Å²) in [6.45, 7) is 8.36. The molecule has 1 aliphatic heterocycles. The molecule has 0 spiro atoms. The first-order valence-electron chi connectivity index (χ1n) is 4.11. The van der Waals surface area contributed by atoms with Crippen LogP contribution < -0.4 is 5.32 Å². The summed E-state index contributed by atoms with van der Waals surface area (Å²) in [7, 11) is 0. The van der Waals surface area contributed by atoms with Crippen molar-refractivity contribution < 1.29 is 4.74 Å². The Morgan fingerprint density at radius 2 is 2.10 bits per heavy atom. The molecule has 0 aliphatic carbocycles. The van der Waals surface area contributed by atoms with Crippen molar-refractivity contribution >= 4 is 0 Å². The lowest BCUT2D eigenvalue weighted by Gasteiger charge is -2.41. The van der Waals surface area contributed by atoms with Gasteiger partial charge in [0.25, 0.3) is 0 Å². The lowest BCUT2D eigenvalue weighted by molar-refractivity contribution is 0.0134. The minimum atomic E-state index is 0.482. The SMILES string of the molecule is CCOCC1(CC)CNC1. The predicted octanol–water partition coefficient (Wildman–Crippen LogP) is 1.02. The summed E-state index contributed by atoms with van der Waals surface area (Å²) < 4.78 is 5.39. The van der Waals surface area contributed by atoms with Gasteiger partial charge in [0.2, 0.25) is 0 Å². The first kappa shape index (κ1) is 8.02. The summed E-state index contributed by atoms with van der Waals surface area (Å²) >= 11 is 0. The zero-order valence-electron chi connectivity index (χ0n) is 6.94. The molecule has 0 bridgehead atoms. The molecule has 10 heavy (non-hydrogen) atoms. The van der Waals surface area contributed by atoms with E-state index in [0.717, 1.165) is 26.3 Å². The highest BCUT2D eigenvalue weighted by Gasteiger charge is 2.34. The van der Waals surface area contributed by atoms with Crippen LogP contribution in [0.3, 0.4) is 0 Å². The Hall–Kier alpha value is -0.0800. The standard InChI is InChI=1S/C8H17NO/c1-3-8(5-9-6-8)7-10-4-2/h9H,3-7H2,1-2H3. The maximum absolute atomic E-state index is 5.39. The van der Waals surface area contributed by atoms with E-state index in [1.807, 2.05) is 0 Å². The Morgan fingerprint density at radius 3 is 2.40 bits per heavy atom. The van der Waals surface area contributed by atoms with Gasteiger partial charge in [0.15, 0.2) is 0 Å². The van der Waals surface area contributed by atoms with Crippen LogP contribution in [0.15, 0.2) is 0 Å². The molecule has 2 nitrogen and oxygen atoms in total. The van der Waals surface area contributed by atoms with Gasteiger partial charge in [-0.15, -0.1) is 0 Å². The van der Waals surface area contributed by atoms with Crippen LogP contribution in [0.25, 0.3) is 0 Å². The van der Waals surface area contributed by atoms with Crippen molar-refractivity contribution in [3.63, 3.8) is 0 Å². The van der Waals surface area contributed by atoms with E-state index in [1.165, 1.54) is 6.42 Å². The minimum absolute atomic E-state index is 0.482. The molecule has 0 aromatic heterocycles. The van der Waals surface area contributed by atoms with Gasteiger partial charge in [-0.25, -0.2) is 0 Å². The van der Waals surface area contributed by atoms with E-state index in [0.29, 0.717) is 5.41 Å². The van der Waals surface area contributed by atoms with Crippen LogP contribution in [-0.4, -0.2) is 26.3 Å². The summed E-state index contributed by atoms with van der Waals surface area (Å²) in [6, 6.07) is 0. The number of nitrogens with one attached hydrogen (secondary N) is 1. The third kappa shape index (κ3) is 1.50. The molecule has 1 fully saturated rings. The van der Waals surface area contributed by atoms with Crippen LogP contribution in [0.5, 0.6) is 0 Å². The zero-order valence-corrected chi connectivity index (χ0v) is 6.94. The maximum atomic E-state index is 5.39. The molecular weight excluding hydrogens is 126 g/mol. The zero-order chi connectivity index (χ0) is 7.45. The third-order valence-electron chi connectivity index (χ3n) is 2.36. The minimum Gasteiger partial charge on any atom is -0.381 e. The fourth-order valence-corrected chi connectivity index (χ4v) is 1.25. The third-order valence-corrected chi connectivity index (χ3v) is 2.36. The van der Waals surface area contributed by atoms with Gasteiger partial charge >= 0.3 is 0 Å². The Kier molecular flexibility index (Phi) is 2.69. The largest absolute Gasteiger partial charge is 0.381 e. The van der Waals surface area contributed by atoms with Gasteiger partial charge in [0.1, 0.15) is 0 Å². The molecule has 60 valence electrons. The summed E-state index contributed by atoms with van der Waals surface area (Å²) in [5, 5.41) is 3.28. The van der Waals surface area contributed by atoms with Crippen molar-refractivity contribution in [3.8, 4) is 0 Å². The molecule has 1 rings (SSSR count). The van der Waals surface area contributed by atoms with Crippen LogP contribution in [-0.2, 0) is 4.74 Å². The number of hydrogen-bond donors (Lipinski definition) is 1. The average molecular weight is 143 g/mol. The van der Waals surface area contributed by atoms with Crippen molar-refractivity contribution in [3.05, 3.63) is 0 Å². The van der Waals surface area contributed by atoms with Gasteiger partial charge in [0.05, 0.1) is 6.61 Å². The molecule has 0 amide bonds. The fourth-order valence-electron chi connectivity index (χ4n) is 1.25. The van der Waals surface area contributed by atoms with Crippen molar-refractivity contribution in [1.82, 2.24) is 5.32 Å². The second-order valence-corrected chi connectivity index (χ2v) is 3.09. The Labute approximate surface area is 63.0 Å². The predicted molar refractivity (Wildman–Crippen MR) is 42.1 cm³/mol. The smallest absolute Gasteiger partial charge is 0.0546 e. The van der Waals surface area contributed by atoms with Crippen molar-refractivity contribution in [2.45, 2.75) is 20.3 Å². The molecule has 0 aromatic carbocycles. The molecule has 0 unspecified atom stereocenters. The van der Waals surface area contributed by atoms with Gasteiger partial charge < -0.3 is 10.1 Å². The van der Waals surface area contributed by atoms with Crippen LogP contribution in [0.1, 0.15) is 20.3 Å². The van der Waals surface area contributed by atoms with E-state index >= 15 is 0 Å². The van der Waals surface area contributed by atoms with E-state index in [1.54, 1.807) is 0 Å². The van der Waals surface area contributed by atoms with E-state index in [4.69, 9.17) is 4.74 Å². The first-order valence-corrected chi connectivity index (χ1v) is 4.11. The molecule has 1 aliphatic rings. The summed E-state index contributed by atoms with van der Waals surface area (Å²) in [4.78, 5) is 0. The highest BCUT2D eigenvalue weighted by molar-refractivity contribution is 4.90. The highest BCUT2D eigenvalue weighted by atomic mass is 16.5. The van der Waals surface area contributed by atoms with Gasteiger partial charge in [-0.1, -0.05) is 6.92 Å². The van der Waals surface area contributed by atoms with E-state index in [2.05, 4.69) is 19.2 Å². The molecule has 1 heterocycles. The molecule has 0 aromatic rings. The molecule has 2 heteroatoms. The van der Waals surface area contributed by atoms with Gasteiger partial charge in [-0.05, 0) is 13.3 Å². The highest BCUT2D eigenvalue weighted by Crippen LogP contribution is 2.26. The second-order valence-electron chi connectivity index (χ2n) is 3.09. The molecule has 1 N–H and O–H groups in total. The molecular formula is C8H17NO. The van der Waals surface area contributed by atoms with Crippen molar-refractivity contribution in [1.29, 1.82) is 0 Å². The number of rotatable bonds is 4. The monoisotopic (exact) mass is 143 g/mol. The summed E-state index contributed by atoms with van der Waals surface area (Å²) in [5.74, 6) is 0. The first-order chi connectivity index (χ1) is 4.83. The maximum Gasteiger partial charge on any atom is 0.0546 e. The van der Waals surface area contributed by atoms with Gasteiger partial charge in [-0.3, -0.25) is 0 Å². The fraction of sp³-hybridized carbons (Fsp3) is 1.00. The second kappa shape index (κ2) is 3.35. The Bertz CT molecular complexity index is 93.9. The van der Waals surface area contributed by atoms with Crippen molar-refractivity contribution in [2.24, 2.45) is 5.41 Å². The lowest BCUT2D eigenvalue weighted by atomic mass is 9.80. The molecule has 1 saturated heterocycles. The van der Waals surface area contributed by atoms with E-state index < -0.39 is 0 Å². The van der Waals surface area contributed by atoms with Crippen LogP contribution in [0.2, 0.25) is 0 Å². The molecule has 0 radical (unpaired) electrons. The normalized spacial score (nSPS) is 22.2. The average Bonchev–Trinajstić information content (AvgIpc) is 1.87. The topological polar surface area (TPSA) is 21.3 Å². The lowest BCUT2D eigenvalue weighted by Crippen LogP contribution is -2.55. The Balaban J connectivity index is 2.20. The number of ether oxygens (including phenoxy) is 1. The quantitative estimate of drug-likeness (QED) is 0.634. The molecule has 0 saturated carbocycles. The van der Waals surface area contributed by atoms with E-state index in [9.17, 15) is 0 Å². The van der Waals surface area contributed by atoms with Crippen molar-refractivity contribution in [2.75, 3.05) is 26.3 Å². The Morgan fingerprint density at radius 1 is 1.40 bits per heavy atom. The summed E-state index contributed by atoms with van der Waals surface area (Å²) in [6.07, 6.45) is 1.24.